The molecule has 3 nitrogen and oxygen atoms in total. The van der Waals surface area contributed by atoms with Gasteiger partial charge < -0.3 is 0 Å². The summed E-state index contributed by atoms with van der Waals surface area (Å²) in [5.74, 6) is 0.284. The van der Waals surface area contributed by atoms with Gasteiger partial charge in [-0.15, -0.1) is 0 Å². The number of hydrogen-bond acceptors (Lipinski definition) is 2. The van der Waals surface area contributed by atoms with Crippen molar-refractivity contribution in [2.45, 2.75) is 23.1 Å². The predicted octanol–water partition coefficient (Wildman–Crippen LogP) is 3.79. The molecule has 7 heteroatoms. The maximum atomic E-state index is 12.5. The third kappa shape index (κ3) is 3.27. The molecule has 1 aliphatic rings. The monoisotopic (exact) mass is 385 g/mol. The van der Waals surface area contributed by atoms with Crippen LogP contribution in [-0.2, 0) is 10.0 Å². The highest BCUT2D eigenvalue weighted by Crippen LogP contribution is 2.30. The average molecular weight is 387 g/mol. The topological polar surface area (TPSA) is 37.4 Å². The van der Waals surface area contributed by atoms with Gasteiger partial charge in [0.2, 0.25) is 10.0 Å². The van der Waals surface area contributed by atoms with Crippen molar-refractivity contribution >= 4 is 49.2 Å². The lowest BCUT2D eigenvalue weighted by atomic mass is 10.0. The summed E-state index contributed by atoms with van der Waals surface area (Å²) in [7, 11) is -3.49. The number of piperidine rings is 1. The number of alkyl halides is 1. The van der Waals surface area contributed by atoms with Gasteiger partial charge in [0, 0.05) is 17.9 Å². The third-order valence-corrected chi connectivity index (χ3v) is 7.25. The molecule has 0 aromatic heterocycles. The zero-order valence-corrected chi connectivity index (χ0v) is 14.2. The Hall–Kier alpha value is 0.190. The third-order valence-electron chi connectivity index (χ3n) is 3.29. The Morgan fingerprint density at radius 3 is 2.58 bits per heavy atom. The van der Waals surface area contributed by atoms with Crippen molar-refractivity contribution < 1.29 is 8.42 Å². The van der Waals surface area contributed by atoms with Gasteiger partial charge in [0.1, 0.15) is 0 Å². The van der Waals surface area contributed by atoms with Crippen LogP contribution in [0, 0.1) is 5.92 Å². The van der Waals surface area contributed by atoms with Gasteiger partial charge in [0.25, 0.3) is 0 Å². The first-order valence-electron chi connectivity index (χ1n) is 5.91. The Labute approximate surface area is 132 Å². The fourth-order valence-corrected chi connectivity index (χ4v) is 4.40. The standard InChI is InChI=1S/C12H14BrCl2NO2S/c1-8-7-16(5-4-10(8)13)19(17,18)9-2-3-11(14)12(15)6-9/h2-3,6,8,10H,4-5,7H2,1H3. The molecule has 0 radical (unpaired) electrons. The van der Waals surface area contributed by atoms with E-state index in [0.717, 1.165) is 6.42 Å². The van der Waals surface area contributed by atoms with Gasteiger partial charge in [0.05, 0.1) is 14.9 Å². The Bertz CT molecular complexity index is 579. The highest BCUT2D eigenvalue weighted by Gasteiger charge is 2.32. The molecule has 0 amide bonds. The molecule has 1 heterocycles. The summed E-state index contributed by atoms with van der Waals surface area (Å²) in [6.45, 7) is 3.07. The Morgan fingerprint density at radius 2 is 2.00 bits per heavy atom. The molecule has 2 unspecified atom stereocenters. The molecule has 0 aliphatic carbocycles. The van der Waals surface area contributed by atoms with E-state index in [2.05, 4.69) is 15.9 Å². The Kier molecular flexibility index (Phi) is 4.83. The van der Waals surface area contributed by atoms with Gasteiger partial charge in [-0.25, -0.2) is 8.42 Å². The van der Waals surface area contributed by atoms with Crippen LogP contribution in [0.4, 0.5) is 0 Å². The number of rotatable bonds is 2. The molecule has 1 aromatic carbocycles. The number of hydrogen-bond donors (Lipinski definition) is 0. The maximum absolute atomic E-state index is 12.5. The zero-order valence-electron chi connectivity index (χ0n) is 10.3. The highest BCUT2D eigenvalue weighted by molar-refractivity contribution is 9.09. The lowest BCUT2D eigenvalue weighted by Crippen LogP contribution is -2.43. The van der Waals surface area contributed by atoms with Crippen molar-refractivity contribution in [1.82, 2.24) is 4.31 Å². The van der Waals surface area contributed by atoms with E-state index in [0.29, 0.717) is 22.9 Å². The van der Waals surface area contributed by atoms with E-state index in [1.54, 1.807) is 0 Å². The van der Waals surface area contributed by atoms with Crippen LogP contribution in [0.2, 0.25) is 10.0 Å². The minimum absolute atomic E-state index is 0.196. The van der Waals surface area contributed by atoms with E-state index >= 15 is 0 Å². The minimum Gasteiger partial charge on any atom is -0.207 e. The van der Waals surface area contributed by atoms with E-state index in [1.165, 1.54) is 22.5 Å². The summed E-state index contributed by atoms with van der Waals surface area (Å²) in [6.07, 6.45) is 0.807. The van der Waals surface area contributed by atoms with Crippen LogP contribution < -0.4 is 0 Å². The first-order chi connectivity index (χ1) is 8.82. The predicted molar refractivity (Wildman–Crippen MR) is 81.7 cm³/mol. The van der Waals surface area contributed by atoms with Crippen molar-refractivity contribution in [3.63, 3.8) is 0 Å². The quantitative estimate of drug-likeness (QED) is 0.725. The second-order valence-electron chi connectivity index (χ2n) is 4.72. The maximum Gasteiger partial charge on any atom is 0.243 e. The summed E-state index contributed by atoms with van der Waals surface area (Å²) >= 11 is 15.3. The average Bonchev–Trinajstić information content (AvgIpc) is 2.35. The number of benzene rings is 1. The second kappa shape index (κ2) is 5.90. The van der Waals surface area contributed by atoms with E-state index in [-0.39, 0.29) is 15.8 Å². The molecule has 0 spiro atoms. The molecule has 1 aliphatic heterocycles. The Balaban J connectivity index is 2.29. The molecule has 0 saturated carbocycles. The van der Waals surface area contributed by atoms with Crippen LogP contribution >= 0.6 is 39.1 Å². The fourth-order valence-electron chi connectivity index (χ4n) is 2.08. The minimum atomic E-state index is -3.49. The summed E-state index contributed by atoms with van der Waals surface area (Å²) in [4.78, 5) is 0.565. The van der Waals surface area contributed by atoms with Crippen LogP contribution in [-0.4, -0.2) is 30.6 Å². The lowest BCUT2D eigenvalue weighted by Gasteiger charge is -2.33. The van der Waals surface area contributed by atoms with Gasteiger partial charge >= 0.3 is 0 Å². The van der Waals surface area contributed by atoms with Gasteiger partial charge in [0.15, 0.2) is 0 Å². The summed E-state index contributed by atoms with van der Waals surface area (Å²) in [5, 5.41) is 0.610. The number of sulfonamides is 1. The molecule has 0 bridgehead atoms. The normalized spacial score (nSPS) is 25.5. The van der Waals surface area contributed by atoms with Gasteiger partial charge in [-0.3, -0.25) is 0 Å². The molecule has 1 aromatic rings. The van der Waals surface area contributed by atoms with Crippen molar-refractivity contribution in [1.29, 1.82) is 0 Å². The van der Waals surface area contributed by atoms with Gasteiger partial charge in [-0.1, -0.05) is 46.1 Å². The Morgan fingerprint density at radius 1 is 1.32 bits per heavy atom. The van der Waals surface area contributed by atoms with Crippen LogP contribution in [0.5, 0.6) is 0 Å². The molecular formula is C12H14BrCl2NO2S. The second-order valence-corrected chi connectivity index (χ2v) is 8.65. The molecule has 1 fully saturated rings. The van der Waals surface area contributed by atoms with Crippen molar-refractivity contribution in [3.8, 4) is 0 Å². The molecule has 106 valence electrons. The van der Waals surface area contributed by atoms with E-state index in [1.807, 2.05) is 6.92 Å². The van der Waals surface area contributed by atoms with Crippen LogP contribution in [0.25, 0.3) is 0 Å². The fraction of sp³-hybridized carbons (Fsp3) is 0.500. The SMILES string of the molecule is CC1CN(S(=O)(=O)c2ccc(Cl)c(Cl)c2)CCC1Br. The van der Waals surface area contributed by atoms with Crippen LogP contribution in [0.3, 0.4) is 0 Å². The molecule has 1 saturated heterocycles. The molecular weight excluding hydrogens is 373 g/mol. The van der Waals surface area contributed by atoms with Gasteiger partial charge in [-0.05, 0) is 30.5 Å². The van der Waals surface area contributed by atoms with E-state index < -0.39 is 10.0 Å². The van der Waals surface area contributed by atoms with Crippen LogP contribution in [0.15, 0.2) is 23.1 Å². The van der Waals surface area contributed by atoms with Gasteiger partial charge in [-0.2, -0.15) is 4.31 Å². The highest BCUT2D eigenvalue weighted by atomic mass is 79.9. The smallest absolute Gasteiger partial charge is 0.207 e. The molecule has 2 atom stereocenters. The van der Waals surface area contributed by atoms with E-state index in [4.69, 9.17) is 23.2 Å². The summed E-state index contributed by atoms with van der Waals surface area (Å²) in [6, 6.07) is 4.41. The zero-order chi connectivity index (χ0) is 14.2. The summed E-state index contributed by atoms with van der Waals surface area (Å²) < 4.78 is 26.5. The first kappa shape index (κ1) is 15.6. The van der Waals surface area contributed by atoms with E-state index in [9.17, 15) is 8.42 Å². The van der Waals surface area contributed by atoms with Crippen molar-refractivity contribution in [2.75, 3.05) is 13.1 Å². The number of halogens is 3. The van der Waals surface area contributed by atoms with Crippen molar-refractivity contribution in [2.24, 2.45) is 5.92 Å². The largest absolute Gasteiger partial charge is 0.243 e. The van der Waals surface area contributed by atoms with Crippen molar-refractivity contribution in [3.05, 3.63) is 28.2 Å². The van der Waals surface area contributed by atoms with Crippen LogP contribution in [0.1, 0.15) is 13.3 Å². The molecule has 19 heavy (non-hydrogen) atoms. The summed E-state index contributed by atoms with van der Waals surface area (Å²) in [5.41, 5.74) is 0. The first-order valence-corrected chi connectivity index (χ1v) is 9.03. The molecule has 0 N–H and O–H groups in total. The number of nitrogens with zero attached hydrogens (tertiary/aromatic N) is 1. The molecule has 2 rings (SSSR count). The lowest BCUT2D eigenvalue weighted by molar-refractivity contribution is 0.292.